The van der Waals surface area contributed by atoms with E-state index in [2.05, 4.69) is 14.7 Å². The Hall–Kier alpha value is -3.59. The summed E-state index contributed by atoms with van der Waals surface area (Å²) in [4.78, 5) is 10.7. The molecule has 1 saturated heterocycles. The number of aromatic nitrogens is 2. The van der Waals surface area contributed by atoms with Crippen molar-refractivity contribution in [1.82, 2.24) is 14.7 Å². The number of hydrogen-bond acceptors (Lipinski definition) is 8. The maximum absolute atomic E-state index is 14.1. The van der Waals surface area contributed by atoms with Crippen molar-refractivity contribution in [3.05, 3.63) is 66.0 Å². The average Bonchev–Trinajstić information content (AvgIpc) is 2.83. The summed E-state index contributed by atoms with van der Waals surface area (Å²) in [7, 11) is -3.67. The van der Waals surface area contributed by atoms with Crippen molar-refractivity contribution in [2.24, 2.45) is 0 Å². The molecule has 1 fully saturated rings. The highest BCUT2D eigenvalue weighted by molar-refractivity contribution is 7.89. The van der Waals surface area contributed by atoms with E-state index in [0.717, 1.165) is 0 Å². The van der Waals surface area contributed by atoms with Crippen LogP contribution in [-0.2, 0) is 14.8 Å². The number of halogens is 1. The van der Waals surface area contributed by atoms with Crippen LogP contribution in [0.25, 0.3) is 11.3 Å². The number of sulfonamides is 1. The monoisotopic (exact) mass is 482 g/mol. The van der Waals surface area contributed by atoms with Crippen molar-refractivity contribution in [2.75, 3.05) is 30.3 Å². The first-order chi connectivity index (χ1) is 16.3. The molecule has 0 bridgehead atoms. The highest BCUT2D eigenvalue weighted by atomic mass is 32.2. The van der Waals surface area contributed by atoms with Crippen LogP contribution in [0, 0.1) is 17.1 Å². The van der Waals surface area contributed by atoms with Gasteiger partial charge in [-0.3, -0.25) is 0 Å². The summed E-state index contributed by atoms with van der Waals surface area (Å²) in [5.74, 6) is -0.125. The lowest BCUT2D eigenvalue weighted by Gasteiger charge is -2.39. The zero-order valence-corrected chi connectivity index (χ0v) is 19.2. The minimum absolute atomic E-state index is 0.0114. The van der Waals surface area contributed by atoms with Crippen LogP contribution < -0.4 is 15.4 Å². The van der Waals surface area contributed by atoms with Crippen LogP contribution >= 0.6 is 0 Å². The molecule has 11 heteroatoms. The van der Waals surface area contributed by atoms with E-state index in [4.69, 9.17) is 15.7 Å². The van der Waals surface area contributed by atoms with Gasteiger partial charge in [0.1, 0.15) is 17.7 Å². The van der Waals surface area contributed by atoms with E-state index in [1.165, 1.54) is 24.3 Å². The molecule has 1 aliphatic heterocycles. The van der Waals surface area contributed by atoms with Gasteiger partial charge >= 0.3 is 0 Å². The average molecular weight is 483 g/mol. The van der Waals surface area contributed by atoms with Gasteiger partial charge in [0.25, 0.3) is 0 Å². The molecular weight excluding hydrogens is 459 g/mol. The molecule has 4 rings (SSSR count). The molecule has 2 heterocycles. The first-order valence-electron chi connectivity index (χ1n) is 10.5. The highest BCUT2D eigenvalue weighted by Crippen LogP contribution is 2.27. The molecule has 2 aromatic carbocycles. The fraction of sp³-hybridized carbons (Fsp3) is 0.261. The summed E-state index contributed by atoms with van der Waals surface area (Å²) in [5, 5.41) is 8.95. The van der Waals surface area contributed by atoms with E-state index in [0.29, 0.717) is 30.2 Å². The van der Waals surface area contributed by atoms with E-state index < -0.39 is 21.9 Å². The minimum atomic E-state index is -3.67. The van der Waals surface area contributed by atoms with Crippen LogP contribution in [-0.4, -0.2) is 50.2 Å². The molecule has 1 aliphatic rings. The predicted octanol–water partition coefficient (Wildman–Crippen LogP) is 2.31. The number of nitriles is 1. The Morgan fingerprint density at radius 2 is 2.00 bits per heavy atom. The molecule has 0 spiro atoms. The fourth-order valence-corrected chi connectivity index (χ4v) is 4.75. The van der Waals surface area contributed by atoms with Gasteiger partial charge in [-0.05, 0) is 31.2 Å². The second kappa shape index (κ2) is 9.72. The Bertz CT molecular complexity index is 1330. The van der Waals surface area contributed by atoms with Crippen molar-refractivity contribution >= 4 is 21.8 Å². The van der Waals surface area contributed by atoms with Gasteiger partial charge in [-0.2, -0.15) is 10.2 Å². The molecule has 176 valence electrons. The predicted molar refractivity (Wildman–Crippen MR) is 125 cm³/mol. The molecule has 3 aromatic rings. The standard InChI is InChI=1S/C23H23FN6O3S/c1-15-14-33-18(12-27-34(31,32)19-5-3-2-4-6-19)13-30(15)22-10-21(28-23(26)29-22)16-7-8-17(11-25)20(24)9-16/h2-10,15,18,27H,12-14H2,1H3,(H2,26,28,29)/t15-,18-/m1/s1. The van der Waals surface area contributed by atoms with Crippen molar-refractivity contribution in [3.63, 3.8) is 0 Å². The molecule has 2 atom stereocenters. The number of nitrogens with two attached hydrogens (primary N) is 1. The molecule has 9 nitrogen and oxygen atoms in total. The van der Waals surface area contributed by atoms with Crippen molar-refractivity contribution in [1.29, 1.82) is 5.26 Å². The van der Waals surface area contributed by atoms with Crippen molar-refractivity contribution in [2.45, 2.75) is 24.0 Å². The first-order valence-corrected chi connectivity index (χ1v) is 12.0. The van der Waals surface area contributed by atoms with Gasteiger partial charge in [-0.1, -0.05) is 24.3 Å². The molecular formula is C23H23FN6O3S. The van der Waals surface area contributed by atoms with E-state index in [9.17, 15) is 12.8 Å². The summed E-state index contributed by atoms with van der Waals surface area (Å²) in [6, 6.07) is 15.7. The van der Waals surface area contributed by atoms with Crippen LogP contribution in [0.5, 0.6) is 0 Å². The summed E-state index contributed by atoms with van der Waals surface area (Å²) in [6.07, 6.45) is -0.429. The maximum atomic E-state index is 14.1. The van der Waals surface area contributed by atoms with E-state index in [1.54, 1.807) is 36.4 Å². The Balaban J connectivity index is 1.53. The lowest BCUT2D eigenvalue weighted by molar-refractivity contribution is 0.0259. The summed E-state index contributed by atoms with van der Waals surface area (Å²) in [6.45, 7) is 2.73. The van der Waals surface area contributed by atoms with Gasteiger partial charge in [0.15, 0.2) is 0 Å². The van der Waals surface area contributed by atoms with Gasteiger partial charge in [0.05, 0.1) is 34.9 Å². The SMILES string of the molecule is C[C@@H]1CO[C@H](CNS(=O)(=O)c2ccccc2)CN1c1cc(-c2ccc(C#N)c(F)c2)nc(N)n1. The second-order valence-corrected chi connectivity index (χ2v) is 9.66. The van der Waals surface area contributed by atoms with E-state index in [-0.39, 0.29) is 29.0 Å². The molecule has 34 heavy (non-hydrogen) atoms. The quantitative estimate of drug-likeness (QED) is 0.547. The van der Waals surface area contributed by atoms with Gasteiger partial charge in [-0.15, -0.1) is 0 Å². The van der Waals surface area contributed by atoms with Crippen LogP contribution in [0.2, 0.25) is 0 Å². The molecule has 1 aromatic heterocycles. The Kier molecular flexibility index (Phi) is 6.74. The molecule has 0 radical (unpaired) electrons. The topological polar surface area (TPSA) is 134 Å². The summed E-state index contributed by atoms with van der Waals surface area (Å²) < 4.78 is 47.6. The van der Waals surface area contributed by atoms with Crippen LogP contribution in [0.4, 0.5) is 16.2 Å². The number of nitrogens with zero attached hydrogens (tertiary/aromatic N) is 4. The lowest BCUT2D eigenvalue weighted by Crippen LogP contribution is -2.52. The number of ether oxygens (including phenoxy) is 1. The first kappa shape index (κ1) is 23.6. The zero-order valence-electron chi connectivity index (χ0n) is 18.3. The molecule has 0 amide bonds. The zero-order chi connectivity index (χ0) is 24.3. The second-order valence-electron chi connectivity index (χ2n) is 7.90. The number of morpholine rings is 1. The number of nitrogen functional groups attached to an aromatic ring is 1. The van der Waals surface area contributed by atoms with E-state index in [1.807, 2.05) is 11.8 Å². The van der Waals surface area contributed by atoms with Gasteiger partial charge in [0.2, 0.25) is 16.0 Å². The number of anilines is 2. The summed E-state index contributed by atoms with van der Waals surface area (Å²) in [5.41, 5.74) is 6.74. The van der Waals surface area contributed by atoms with Crippen molar-refractivity contribution < 1.29 is 17.5 Å². The number of benzene rings is 2. The third-order valence-corrected chi connectivity index (χ3v) is 6.91. The number of hydrogen-bond donors (Lipinski definition) is 2. The summed E-state index contributed by atoms with van der Waals surface area (Å²) >= 11 is 0. The highest BCUT2D eigenvalue weighted by Gasteiger charge is 2.29. The molecule has 0 saturated carbocycles. The normalized spacial score (nSPS) is 18.4. The molecule has 0 unspecified atom stereocenters. The third-order valence-electron chi connectivity index (χ3n) is 5.47. The number of rotatable bonds is 6. The Labute approximate surface area is 197 Å². The van der Waals surface area contributed by atoms with Crippen molar-refractivity contribution in [3.8, 4) is 17.3 Å². The minimum Gasteiger partial charge on any atom is -0.373 e. The largest absolute Gasteiger partial charge is 0.373 e. The Morgan fingerprint density at radius 3 is 2.71 bits per heavy atom. The number of nitrogens with one attached hydrogen (secondary N) is 1. The Morgan fingerprint density at radius 1 is 1.24 bits per heavy atom. The van der Waals surface area contributed by atoms with Crippen LogP contribution in [0.3, 0.4) is 0 Å². The van der Waals surface area contributed by atoms with Crippen LogP contribution in [0.15, 0.2) is 59.5 Å². The van der Waals surface area contributed by atoms with E-state index >= 15 is 0 Å². The fourth-order valence-electron chi connectivity index (χ4n) is 3.66. The molecule has 3 N–H and O–H groups in total. The van der Waals surface area contributed by atoms with Gasteiger partial charge < -0.3 is 15.4 Å². The maximum Gasteiger partial charge on any atom is 0.240 e. The van der Waals surface area contributed by atoms with Crippen LogP contribution in [0.1, 0.15) is 12.5 Å². The third kappa shape index (κ3) is 5.14. The van der Waals surface area contributed by atoms with Gasteiger partial charge in [0, 0.05) is 24.7 Å². The smallest absolute Gasteiger partial charge is 0.240 e. The molecule has 0 aliphatic carbocycles. The van der Waals surface area contributed by atoms with Gasteiger partial charge in [-0.25, -0.2) is 22.5 Å². The lowest BCUT2D eigenvalue weighted by atomic mass is 10.1.